The molecule has 0 aromatic heterocycles. The van der Waals surface area contributed by atoms with Crippen LogP contribution in [-0.2, 0) is 9.53 Å². The molecular formula is C19H32ClN3O2. The Balaban J connectivity index is 0.00000312. The standard InChI is InChI=1S/C19H31N3O2.ClH/c1-4-9-19(3,20)18(23)21-14-17(22-10-12-24-13-11-22)16-7-5-15(2)6-8-16;/h5-8,17H,4,9-14,20H2,1-3H3,(H,21,23);1H. The molecule has 5 nitrogen and oxygen atoms in total. The van der Waals surface area contributed by atoms with Crippen LogP contribution >= 0.6 is 12.4 Å². The minimum Gasteiger partial charge on any atom is -0.379 e. The molecule has 1 heterocycles. The number of aryl methyl sites for hydroxylation is 1. The van der Waals surface area contributed by atoms with Crippen LogP contribution in [0.25, 0.3) is 0 Å². The van der Waals surface area contributed by atoms with E-state index in [-0.39, 0.29) is 24.4 Å². The van der Waals surface area contributed by atoms with Gasteiger partial charge in [0.2, 0.25) is 5.91 Å². The lowest BCUT2D eigenvalue weighted by Gasteiger charge is -2.35. The largest absolute Gasteiger partial charge is 0.379 e. The quantitative estimate of drug-likeness (QED) is 0.774. The third kappa shape index (κ3) is 6.26. The van der Waals surface area contributed by atoms with Gasteiger partial charge < -0.3 is 15.8 Å². The average molecular weight is 370 g/mol. The molecule has 1 aliphatic rings. The predicted molar refractivity (Wildman–Crippen MR) is 104 cm³/mol. The Hall–Kier alpha value is -1.14. The summed E-state index contributed by atoms with van der Waals surface area (Å²) in [6.07, 6.45) is 1.58. The predicted octanol–water partition coefficient (Wildman–Crippen LogP) is 2.42. The summed E-state index contributed by atoms with van der Waals surface area (Å²) in [4.78, 5) is 14.8. The molecule has 2 rings (SSSR count). The average Bonchev–Trinajstić information content (AvgIpc) is 2.57. The molecule has 0 saturated carbocycles. The van der Waals surface area contributed by atoms with Gasteiger partial charge in [0.25, 0.3) is 0 Å². The van der Waals surface area contributed by atoms with Crippen LogP contribution in [0.2, 0.25) is 0 Å². The highest BCUT2D eigenvalue weighted by Gasteiger charge is 2.29. The van der Waals surface area contributed by atoms with Crippen molar-refractivity contribution in [1.29, 1.82) is 0 Å². The number of nitrogens with two attached hydrogens (primary N) is 1. The molecule has 1 aromatic carbocycles. The van der Waals surface area contributed by atoms with Crippen molar-refractivity contribution in [3.8, 4) is 0 Å². The number of morpholine rings is 1. The van der Waals surface area contributed by atoms with E-state index in [1.165, 1.54) is 11.1 Å². The van der Waals surface area contributed by atoms with Gasteiger partial charge in [-0.25, -0.2) is 0 Å². The molecule has 2 atom stereocenters. The van der Waals surface area contributed by atoms with Gasteiger partial charge in [0, 0.05) is 19.6 Å². The Labute approximate surface area is 157 Å². The van der Waals surface area contributed by atoms with Crippen molar-refractivity contribution in [3.05, 3.63) is 35.4 Å². The Morgan fingerprint density at radius 1 is 1.32 bits per heavy atom. The van der Waals surface area contributed by atoms with E-state index in [9.17, 15) is 4.79 Å². The Morgan fingerprint density at radius 3 is 2.48 bits per heavy atom. The molecule has 25 heavy (non-hydrogen) atoms. The van der Waals surface area contributed by atoms with Gasteiger partial charge >= 0.3 is 0 Å². The fourth-order valence-electron chi connectivity index (χ4n) is 3.16. The lowest BCUT2D eigenvalue weighted by Crippen LogP contribution is -2.53. The molecule has 0 spiro atoms. The number of benzene rings is 1. The maximum Gasteiger partial charge on any atom is 0.239 e. The van der Waals surface area contributed by atoms with Gasteiger partial charge in [0.05, 0.1) is 24.8 Å². The smallest absolute Gasteiger partial charge is 0.239 e. The lowest BCUT2D eigenvalue weighted by atomic mass is 9.96. The SMILES string of the molecule is CCCC(C)(N)C(=O)NCC(c1ccc(C)cc1)N1CCOCC1.Cl. The zero-order valence-electron chi connectivity index (χ0n) is 15.6. The Kier molecular flexibility index (Phi) is 8.86. The molecule has 3 N–H and O–H groups in total. The summed E-state index contributed by atoms with van der Waals surface area (Å²) >= 11 is 0. The van der Waals surface area contributed by atoms with Crippen molar-refractivity contribution >= 4 is 18.3 Å². The zero-order chi connectivity index (χ0) is 17.6. The summed E-state index contributed by atoms with van der Waals surface area (Å²) in [5, 5.41) is 3.07. The molecule has 1 aliphatic heterocycles. The first kappa shape index (κ1) is 21.9. The van der Waals surface area contributed by atoms with Gasteiger partial charge in [-0.2, -0.15) is 0 Å². The number of amides is 1. The monoisotopic (exact) mass is 369 g/mol. The normalized spacial score (nSPS) is 18.7. The summed E-state index contributed by atoms with van der Waals surface area (Å²) < 4.78 is 5.47. The first-order chi connectivity index (χ1) is 11.4. The topological polar surface area (TPSA) is 67.6 Å². The minimum atomic E-state index is -0.808. The summed E-state index contributed by atoms with van der Waals surface area (Å²) in [5.41, 5.74) is 7.80. The van der Waals surface area contributed by atoms with E-state index in [4.69, 9.17) is 10.5 Å². The zero-order valence-corrected chi connectivity index (χ0v) is 16.4. The third-order valence-electron chi connectivity index (χ3n) is 4.69. The van der Waals surface area contributed by atoms with Crippen LogP contribution < -0.4 is 11.1 Å². The highest BCUT2D eigenvalue weighted by Crippen LogP contribution is 2.22. The molecule has 1 amide bonds. The van der Waals surface area contributed by atoms with Gasteiger partial charge in [0.15, 0.2) is 0 Å². The molecule has 6 heteroatoms. The van der Waals surface area contributed by atoms with Crippen LogP contribution in [0.5, 0.6) is 0 Å². The van der Waals surface area contributed by atoms with E-state index >= 15 is 0 Å². The highest BCUT2D eigenvalue weighted by atomic mass is 35.5. The molecule has 1 fully saturated rings. The number of nitrogens with one attached hydrogen (secondary N) is 1. The first-order valence-corrected chi connectivity index (χ1v) is 8.89. The van der Waals surface area contributed by atoms with Crippen molar-refractivity contribution in [2.75, 3.05) is 32.8 Å². The molecule has 2 unspecified atom stereocenters. The fraction of sp³-hybridized carbons (Fsp3) is 0.632. The van der Waals surface area contributed by atoms with Crippen molar-refractivity contribution in [2.45, 2.75) is 45.2 Å². The van der Waals surface area contributed by atoms with Crippen LogP contribution in [-0.4, -0.2) is 49.2 Å². The summed E-state index contributed by atoms with van der Waals surface area (Å²) in [7, 11) is 0. The van der Waals surface area contributed by atoms with Crippen LogP contribution in [0.15, 0.2) is 24.3 Å². The third-order valence-corrected chi connectivity index (χ3v) is 4.69. The maximum atomic E-state index is 12.4. The molecule has 1 saturated heterocycles. The number of rotatable bonds is 7. The van der Waals surface area contributed by atoms with E-state index in [1.807, 2.05) is 6.92 Å². The van der Waals surface area contributed by atoms with Crippen molar-refractivity contribution in [2.24, 2.45) is 5.73 Å². The van der Waals surface area contributed by atoms with Crippen LogP contribution in [0, 0.1) is 6.92 Å². The summed E-state index contributed by atoms with van der Waals surface area (Å²) in [6.45, 7) is 9.73. The van der Waals surface area contributed by atoms with Crippen molar-refractivity contribution in [1.82, 2.24) is 10.2 Å². The number of ether oxygens (including phenoxy) is 1. The van der Waals surface area contributed by atoms with Gasteiger partial charge in [-0.1, -0.05) is 43.2 Å². The number of hydrogen-bond acceptors (Lipinski definition) is 4. The number of carbonyl (C=O) groups excluding carboxylic acids is 1. The Morgan fingerprint density at radius 2 is 1.92 bits per heavy atom. The number of carbonyl (C=O) groups is 1. The number of hydrogen-bond donors (Lipinski definition) is 2. The van der Waals surface area contributed by atoms with Gasteiger partial charge in [-0.05, 0) is 25.8 Å². The Bertz CT molecular complexity index is 528. The first-order valence-electron chi connectivity index (χ1n) is 8.89. The van der Waals surface area contributed by atoms with Crippen LogP contribution in [0.4, 0.5) is 0 Å². The molecule has 142 valence electrons. The second kappa shape index (κ2) is 10.1. The van der Waals surface area contributed by atoms with Crippen molar-refractivity contribution in [3.63, 3.8) is 0 Å². The van der Waals surface area contributed by atoms with E-state index in [2.05, 4.69) is 41.4 Å². The second-order valence-electron chi connectivity index (χ2n) is 6.95. The van der Waals surface area contributed by atoms with E-state index in [0.717, 1.165) is 32.7 Å². The summed E-state index contributed by atoms with van der Waals surface area (Å²) in [6, 6.07) is 8.68. The van der Waals surface area contributed by atoms with E-state index in [0.29, 0.717) is 13.0 Å². The van der Waals surface area contributed by atoms with Gasteiger partial charge in [-0.3, -0.25) is 9.69 Å². The molecule has 1 aromatic rings. The van der Waals surface area contributed by atoms with Crippen LogP contribution in [0.3, 0.4) is 0 Å². The number of nitrogens with zero attached hydrogens (tertiary/aromatic N) is 1. The highest BCUT2D eigenvalue weighted by molar-refractivity contribution is 5.85. The molecule has 0 radical (unpaired) electrons. The maximum absolute atomic E-state index is 12.4. The van der Waals surface area contributed by atoms with Crippen LogP contribution in [0.1, 0.15) is 43.9 Å². The lowest BCUT2D eigenvalue weighted by molar-refractivity contribution is -0.126. The van der Waals surface area contributed by atoms with E-state index in [1.54, 1.807) is 6.92 Å². The molecule has 0 aliphatic carbocycles. The van der Waals surface area contributed by atoms with Crippen molar-refractivity contribution < 1.29 is 9.53 Å². The van der Waals surface area contributed by atoms with Gasteiger partial charge in [0.1, 0.15) is 0 Å². The fourth-order valence-corrected chi connectivity index (χ4v) is 3.16. The van der Waals surface area contributed by atoms with Gasteiger partial charge in [-0.15, -0.1) is 12.4 Å². The minimum absolute atomic E-state index is 0. The summed E-state index contributed by atoms with van der Waals surface area (Å²) in [5.74, 6) is -0.0743. The molecule has 0 bridgehead atoms. The van der Waals surface area contributed by atoms with E-state index < -0.39 is 5.54 Å². The second-order valence-corrected chi connectivity index (χ2v) is 6.95. The molecular weight excluding hydrogens is 338 g/mol. The number of halogens is 1.